The van der Waals surface area contributed by atoms with Gasteiger partial charge in [-0.25, -0.2) is 18.0 Å². The molecule has 1 aliphatic heterocycles. The Morgan fingerprint density at radius 3 is 2.86 bits per heavy atom. The lowest BCUT2D eigenvalue weighted by Crippen LogP contribution is -2.32. The molecule has 7 heteroatoms. The third-order valence-electron chi connectivity index (χ3n) is 3.33. The number of anilines is 1. The van der Waals surface area contributed by atoms with Crippen LogP contribution in [0.4, 0.5) is 23.7 Å². The number of nitrogens with one attached hydrogen (secondary N) is 2. The predicted molar refractivity (Wildman–Crippen MR) is 71.5 cm³/mol. The molecule has 1 heterocycles. The number of urea groups is 1. The van der Waals surface area contributed by atoms with Gasteiger partial charge in [0.1, 0.15) is 5.82 Å². The highest BCUT2D eigenvalue weighted by atomic mass is 19.2. The summed E-state index contributed by atoms with van der Waals surface area (Å²) in [4.78, 5) is 11.6. The molecular weight excluding hydrogens is 285 g/mol. The first kappa shape index (κ1) is 15.6. The van der Waals surface area contributed by atoms with Crippen LogP contribution in [-0.2, 0) is 4.74 Å². The van der Waals surface area contributed by atoms with Gasteiger partial charge < -0.3 is 15.4 Å². The zero-order chi connectivity index (χ0) is 15.2. The molecule has 2 rings (SSSR count). The van der Waals surface area contributed by atoms with Crippen LogP contribution in [-0.4, -0.2) is 25.8 Å². The van der Waals surface area contributed by atoms with Crippen LogP contribution in [0.5, 0.6) is 0 Å². The Kier molecular flexibility index (Phi) is 5.44. The molecule has 1 atom stereocenters. The molecule has 0 radical (unpaired) electrons. The maximum absolute atomic E-state index is 13.4. The largest absolute Gasteiger partial charge is 0.381 e. The molecule has 0 spiro atoms. The van der Waals surface area contributed by atoms with Crippen LogP contribution in [0.15, 0.2) is 12.1 Å². The van der Waals surface area contributed by atoms with Crippen LogP contribution < -0.4 is 10.6 Å². The summed E-state index contributed by atoms with van der Waals surface area (Å²) in [6.07, 6.45) is 2.80. The minimum atomic E-state index is -1.34. The molecule has 2 amide bonds. The Morgan fingerprint density at radius 2 is 2.14 bits per heavy atom. The van der Waals surface area contributed by atoms with E-state index in [9.17, 15) is 18.0 Å². The van der Waals surface area contributed by atoms with Crippen molar-refractivity contribution in [2.24, 2.45) is 5.92 Å². The van der Waals surface area contributed by atoms with Gasteiger partial charge in [-0.15, -0.1) is 0 Å². The minimum Gasteiger partial charge on any atom is -0.381 e. The highest BCUT2D eigenvalue weighted by molar-refractivity contribution is 5.89. The molecule has 1 fully saturated rings. The van der Waals surface area contributed by atoms with Crippen LogP contribution in [0, 0.1) is 23.4 Å². The number of hydrogen-bond donors (Lipinski definition) is 2. The van der Waals surface area contributed by atoms with Crippen molar-refractivity contribution in [1.82, 2.24) is 5.32 Å². The predicted octanol–water partition coefficient (Wildman–Crippen LogP) is 3.04. The fraction of sp³-hybridized carbons (Fsp3) is 0.500. The van der Waals surface area contributed by atoms with Gasteiger partial charge in [0.05, 0.1) is 5.69 Å². The van der Waals surface area contributed by atoms with E-state index in [1.54, 1.807) is 0 Å². The van der Waals surface area contributed by atoms with Gasteiger partial charge in [-0.3, -0.25) is 0 Å². The van der Waals surface area contributed by atoms with E-state index >= 15 is 0 Å². The van der Waals surface area contributed by atoms with Crippen LogP contribution in [0.1, 0.15) is 19.3 Å². The molecule has 1 saturated heterocycles. The summed E-state index contributed by atoms with van der Waals surface area (Å²) in [5, 5.41) is 4.62. The van der Waals surface area contributed by atoms with Gasteiger partial charge in [0.15, 0.2) is 11.6 Å². The fourth-order valence-electron chi connectivity index (χ4n) is 2.24. The van der Waals surface area contributed by atoms with Gasteiger partial charge >= 0.3 is 6.03 Å². The molecule has 116 valence electrons. The topological polar surface area (TPSA) is 50.4 Å². The van der Waals surface area contributed by atoms with Crippen molar-refractivity contribution in [1.29, 1.82) is 0 Å². The van der Waals surface area contributed by atoms with Gasteiger partial charge in [0.25, 0.3) is 0 Å². The highest BCUT2D eigenvalue weighted by Crippen LogP contribution is 2.19. The van der Waals surface area contributed by atoms with E-state index in [1.807, 2.05) is 0 Å². The zero-order valence-electron chi connectivity index (χ0n) is 11.4. The Balaban J connectivity index is 1.79. The molecule has 0 bridgehead atoms. The Hall–Kier alpha value is -1.76. The molecule has 1 aliphatic rings. The number of benzene rings is 1. The summed E-state index contributed by atoms with van der Waals surface area (Å²) < 4.78 is 44.6. The minimum absolute atomic E-state index is 0.388. The number of amides is 2. The van der Waals surface area contributed by atoms with Crippen LogP contribution in [0.25, 0.3) is 0 Å². The standard InChI is InChI=1S/C14H17F3N2O2/c15-10-6-11(16)13(17)12(7-10)19-14(20)18-4-3-9-2-1-5-21-8-9/h6-7,9H,1-5,8H2,(H2,18,19,20)/t9-/m1/s1. The first-order chi connectivity index (χ1) is 10.1. The van der Waals surface area contributed by atoms with Crippen molar-refractivity contribution in [3.8, 4) is 0 Å². The summed E-state index contributed by atoms with van der Waals surface area (Å²) >= 11 is 0. The van der Waals surface area contributed by atoms with Crippen molar-refractivity contribution in [3.05, 3.63) is 29.6 Å². The molecule has 21 heavy (non-hydrogen) atoms. The average molecular weight is 302 g/mol. The Bertz CT molecular complexity index is 505. The van der Waals surface area contributed by atoms with E-state index in [0.29, 0.717) is 25.1 Å². The second kappa shape index (κ2) is 7.31. The molecular formula is C14H17F3N2O2. The normalized spacial score (nSPS) is 18.3. The molecule has 0 aromatic heterocycles. The third-order valence-corrected chi connectivity index (χ3v) is 3.33. The second-order valence-electron chi connectivity index (χ2n) is 5.00. The van der Waals surface area contributed by atoms with Crippen molar-refractivity contribution in [3.63, 3.8) is 0 Å². The molecule has 1 aromatic carbocycles. The fourth-order valence-corrected chi connectivity index (χ4v) is 2.24. The lowest BCUT2D eigenvalue weighted by Gasteiger charge is -2.21. The molecule has 1 aromatic rings. The Labute approximate surface area is 120 Å². The molecule has 4 nitrogen and oxygen atoms in total. The third kappa shape index (κ3) is 4.63. The summed E-state index contributed by atoms with van der Waals surface area (Å²) in [7, 11) is 0. The van der Waals surface area contributed by atoms with Crippen LogP contribution in [0.3, 0.4) is 0 Å². The second-order valence-corrected chi connectivity index (χ2v) is 5.00. The summed E-state index contributed by atoms with van der Waals surface area (Å²) in [6.45, 7) is 1.83. The summed E-state index contributed by atoms with van der Waals surface area (Å²) in [5.74, 6) is -3.19. The first-order valence-corrected chi connectivity index (χ1v) is 6.83. The number of hydrogen-bond acceptors (Lipinski definition) is 2. The van der Waals surface area contributed by atoms with Gasteiger partial charge in [-0.2, -0.15) is 0 Å². The average Bonchev–Trinajstić information content (AvgIpc) is 2.45. The van der Waals surface area contributed by atoms with Crippen molar-refractivity contribution < 1.29 is 22.7 Å². The van der Waals surface area contributed by atoms with E-state index in [2.05, 4.69) is 10.6 Å². The monoisotopic (exact) mass is 302 g/mol. The van der Waals surface area contributed by atoms with E-state index in [4.69, 9.17) is 4.74 Å². The van der Waals surface area contributed by atoms with Crippen LogP contribution >= 0.6 is 0 Å². The summed E-state index contributed by atoms with van der Waals surface area (Å²) in [6, 6.07) is 0.449. The quantitative estimate of drug-likeness (QED) is 0.840. The smallest absolute Gasteiger partial charge is 0.319 e. The molecule has 2 N–H and O–H groups in total. The molecule has 0 saturated carbocycles. The highest BCUT2D eigenvalue weighted by Gasteiger charge is 2.15. The molecule has 0 aliphatic carbocycles. The van der Waals surface area contributed by atoms with E-state index < -0.39 is 29.2 Å². The van der Waals surface area contributed by atoms with E-state index in [0.717, 1.165) is 31.9 Å². The maximum Gasteiger partial charge on any atom is 0.319 e. The van der Waals surface area contributed by atoms with Gasteiger partial charge in [0, 0.05) is 31.9 Å². The SMILES string of the molecule is O=C(NCC[C@H]1CCCOC1)Nc1cc(F)cc(F)c1F. The number of ether oxygens (including phenoxy) is 1. The lowest BCUT2D eigenvalue weighted by molar-refractivity contribution is 0.0520. The van der Waals surface area contributed by atoms with Crippen LogP contribution in [0.2, 0.25) is 0 Å². The number of carbonyl (C=O) groups excluding carboxylic acids is 1. The van der Waals surface area contributed by atoms with E-state index in [1.165, 1.54) is 0 Å². The van der Waals surface area contributed by atoms with Crippen molar-refractivity contribution in [2.45, 2.75) is 19.3 Å². The van der Waals surface area contributed by atoms with Gasteiger partial charge in [-0.1, -0.05) is 0 Å². The number of carbonyl (C=O) groups is 1. The first-order valence-electron chi connectivity index (χ1n) is 6.83. The number of halogens is 3. The Morgan fingerprint density at radius 1 is 1.33 bits per heavy atom. The lowest BCUT2D eigenvalue weighted by atomic mass is 9.99. The van der Waals surface area contributed by atoms with Crippen molar-refractivity contribution >= 4 is 11.7 Å². The zero-order valence-corrected chi connectivity index (χ0v) is 11.4. The summed E-state index contributed by atoms with van der Waals surface area (Å²) in [5.41, 5.74) is -0.522. The molecule has 0 unspecified atom stereocenters. The van der Waals surface area contributed by atoms with Crippen molar-refractivity contribution in [2.75, 3.05) is 25.1 Å². The number of rotatable bonds is 4. The van der Waals surface area contributed by atoms with E-state index in [-0.39, 0.29) is 0 Å². The van der Waals surface area contributed by atoms with Gasteiger partial charge in [-0.05, 0) is 25.2 Å². The maximum atomic E-state index is 13.4. The van der Waals surface area contributed by atoms with Gasteiger partial charge in [0.2, 0.25) is 0 Å².